The van der Waals surface area contributed by atoms with E-state index in [-0.39, 0.29) is 32.8 Å². The quantitative estimate of drug-likeness (QED) is 0.0987. The highest BCUT2D eigenvalue weighted by atomic mass is 16.4. The van der Waals surface area contributed by atoms with Crippen LogP contribution < -0.4 is 0 Å². The summed E-state index contributed by atoms with van der Waals surface area (Å²) in [6, 6.07) is 21.3. The van der Waals surface area contributed by atoms with Crippen molar-refractivity contribution in [3.8, 4) is 23.0 Å². The van der Waals surface area contributed by atoms with Crippen molar-refractivity contribution >= 4 is 11.9 Å². The lowest BCUT2D eigenvalue weighted by molar-refractivity contribution is 0.0681. The fraction of sp³-hybridized carbons (Fsp3) is 0.407. The molecular weight excluding hydrogens is 777 g/mol. The molecule has 0 fully saturated rings. The second kappa shape index (κ2) is 19.1. The van der Waals surface area contributed by atoms with Gasteiger partial charge in [-0.1, -0.05) is 154 Å². The second-order valence-corrected chi connectivity index (χ2v) is 20.8. The van der Waals surface area contributed by atoms with E-state index in [1.54, 1.807) is 0 Å². The van der Waals surface area contributed by atoms with E-state index in [0.29, 0.717) is 35.8 Å². The molecule has 5 aromatic carbocycles. The second-order valence-electron chi connectivity index (χ2n) is 20.8. The van der Waals surface area contributed by atoms with E-state index in [0.717, 1.165) is 66.8 Å². The van der Waals surface area contributed by atoms with Crippen molar-refractivity contribution in [1.82, 2.24) is 0 Å². The van der Waals surface area contributed by atoms with Crippen LogP contribution >= 0.6 is 0 Å². The molecule has 62 heavy (non-hydrogen) atoms. The van der Waals surface area contributed by atoms with Crippen molar-refractivity contribution in [1.29, 1.82) is 0 Å². The topological polar surface area (TPSA) is 156 Å². The molecule has 0 spiro atoms. The van der Waals surface area contributed by atoms with Crippen LogP contribution in [-0.2, 0) is 34.5 Å². The van der Waals surface area contributed by atoms with Gasteiger partial charge in [0.05, 0.1) is 11.1 Å². The third kappa shape index (κ3) is 13.1. The highest BCUT2D eigenvalue weighted by Gasteiger charge is 2.26. The van der Waals surface area contributed by atoms with Gasteiger partial charge in [0.1, 0.15) is 23.0 Å². The summed E-state index contributed by atoms with van der Waals surface area (Å²) in [5.74, 6) is -0.751. The molecule has 8 heteroatoms. The van der Waals surface area contributed by atoms with Crippen LogP contribution in [-0.4, -0.2) is 42.6 Å². The summed E-state index contributed by atoms with van der Waals surface area (Å²) in [5.41, 5.74) is 11.4. The van der Waals surface area contributed by atoms with Crippen LogP contribution in [0.1, 0.15) is 171 Å². The lowest BCUT2D eigenvalue weighted by Crippen LogP contribution is -2.14. The predicted molar refractivity (Wildman–Crippen MR) is 252 cm³/mol. The summed E-state index contributed by atoms with van der Waals surface area (Å²) in [4.78, 5) is 20.7. The Bertz CT molecular complexity index is 2100. The third-order valence-electron chi connectivity index (χ3n) is 10.7. The first-order valence-corrected chi connectivity index (χ1v) is 21.1. The normalized spacial score (nSPS) is 11.9. The molecule has 0 radical (unpaired) electrons. The number of hydrogen-bond acceptors (Lipinski definition) is 6. The summed E-state index contributed by atoms with van der Waals surface area (Å²) in [5, 5.41) is 60.2. The van der Waals surface area contributed by atoms with Gasteiger partial charge in [-0.15, -0.1) is 0 Å². The monoisotopic (exact) mass is 847 g/mol. The minimum absolute atomic E-state index is 0.0833. The van der Waals surface area contributed by atoms with Gasteiger partial charge < -0.3 is 30.6 Å². The van der Waals surface area contributed by atoms with Gasteiger partial charge in [-0.25, -0.2) is 9.59 Å². The summed E-state index contributed by atoms with van der Waals surface area (Å²) < 4.78 is 0. The lowest BCUT2D eigenvalue weighted by atomic mass is 9.81. The van der Waals surface area contributed by atoms with Crippen molar-refractivity contribution < 1.29 is 40.2 Å². The van der Waals surface area contributed by atoms with Gasteiger partial charge in [0.15, 0.2) is 0 Å². The molecule has 0 aliphatic rings. The molecule has 5 rings (SSSR count). The van der Waals surface area contributed by atoms with Crippen LogP contribution in [0.15, 0.2) is 72.8 Å². The zero-order chi connectivity index (χ0) is 47.4. The van der Waals surface area contributed by atoms with E-state index in [1.165, 1.54) is 24.3 Å². The number of hydrogen-bond donors (Lipinski definition) is 6. The molecule has 0 atom stereocenters. The first-order chi connectivity index (χ1) is 28.2. The molecule has 0 aromatic heterocycles. The number of phenolic OH excluding ortho intramolecular Hbond substituents is 4. The molecule has 0 heterocycles. The average molecular weight is 847 g/mol. The number of carboxylic acid groups (broad SMARTS) is 2. The number of carbonyl (C=O) groups is 2. The molecule has 0 bridgehead atoms. The standard InChI is InChI=1S/2C23H32O2.C8H6O4/c2*1-14-9-16(20(24)18(11-14)22(3,4)5)13-17-10-15(2)12-19(21(17)25)23(6,7)8;9-7(10)5-1-2-6(4-3-5)8(11)12/h2*9-12,24-25H,13H2,1-8H3;1-4H,(H,9,10)(H,11,12). The Kier molecular flexibility index (Phi) is 15.6. The lowest BCUT2D eigenvalue weighted by Gasteiger charge is -2.25. The summed E-state index contributed by atoms with van der Waals surface area (Å²) >= 11 is 0. The SMILES string of the molecule is Cc1cc(Cc2cc(C)cc(C(C)(C)C)c2O)c(O)c(C(C)(C)C)c1.Cc1cc(Cc2cc(C)cc(C(C)(C)C)c2O)c(O)c(C(C)(C)C)c1.O=C(O)c1ccc(C(=O)O)cc1. The average Bonchev–Trinajstić information content (AvgIpc) is 3.12. The van der Waals surface area contributed by atoms with Crippen LogP contribution in [0.5, 0.6) is 23.0 Å². The number of rotatable bonds is 6. The number of phenols is 4. The molecule has 8 nitrogen and oxygen atoms in total. The minimum atomic E-state index is -1.06. The Morgan fingerprint density at radius 1 is 0.371 bits per heavy atom. The highest BCUT2D eigenvalue weighted by Crippen LogP contribution is 2.41. The van der Waals surface area contributed by atoms with Crippen LogP contribution in [0, 0.1) is 27.7 Å². The maximum atomic E-state index is 10.8. The molecule has 0 unspecified atom stereocenters. The Labute approximate surface area is 370 Å². The van der Waals surface area contributed by atoms with Gasteiger partial charge in [0, 0.05) is 12.8 Å². The third-order valence-corrected chi connectivity index (χ3v) is 10.7. The first-order valence-electron chi connectivity index (χ1n) is 21.1. The van der Waals surface area contributed by atoms with Crippen molar-refractivity contribution in [3.05, 3.63) is 151 Å². The molecule has 0 saturated carbocycles. The number of benzene rings is 5. The highest BCUT2D eigenvalue weighted by molar-refractivity contribution is 5.91. The molecule has 5 aromatic rings. The van der Waals surface area contributed by atoms with Crippen molar-refractivity contribution in [2.24, 2.45) is 0 Å². The van der Waals surface area contributed by atoms with Crippen molar-refractivity contribution in [2.45, 2.75) is 145 Å². The zero-order valence-corrected chi connectivity index (χ0v) is 39.8. The number of aryl methyl sites for hydroxylation is 4. The van der Waals surface area contributed by atoms with Gasteiger partial charge in [-0.05, 0) is 118 Å². The zero-order valence-electron chi connectivity index (χ0n) is 39.8. The minimum Gasteiger partial charge on any atom is -0.507 e. The van der Waals surface area contributed by atoms with E-state index >= 15 is 0 Å². The first kappa shape index (κ1) is 50.6. The van der Waals surface area contributed by atoms with E-state index in [9.17, 15) is 30.0 Å². The molecule has 0 aliphatic carbocycles. The van der Waals surface area contributed by atoms with Gasteiger partial charge >= 0.3 is 11.9 Å². The van der Waals surface area contributed by atoms with Crippen molar-refractivity contribution in [3.63, 3.8) is 0 Å². The van der Waals surface area contributed by atoms with Gasteiger partial charge in [-0.2, -0.15) is 0 Å². The largest absolute Gasteiger partial charge is 0.507 e. The Morgan fingerprint density at radius 2 is 0.548 bits per heavy atom. The molecule has 0 amide bonds. The summed E-state index contributed by atoms with van der Waals surface area (Å²) in [6.45, 7) is 33.5. The Morgan fingerprint density at radius 3 is 0.694 bits per heavy atom. The van der Waals surface area contributed by atoms with Crippen LogP contribution in [0.3, 0.4) is 0 Å². The maximum Gasteiger partial charge on any atom is 0.335 e. The van der Waals surface area contributed by atoms with Crippen molar-refractivity contribution in [2.75, 3.05) is 0 Å². The van der Waals surface area contributed by atoms with E-state index < -0.39 is 11.9 Å². The van der Waals surface area contributed by atoms with Gasteiger partial charge in [0.2, 0.25) is 0 Å². The molecule has 334 valence electrons. The number of aromatic carboxylic acids is 2. The molecule has 0 saturated heterocycles. The predicted octanol–water partition coefficient (Wildman–Crippen LogP) is 12.9. The van der Waals surface area contributed by atoms with Crippen LogP contribution in [0.4, 0.5) is 0 Å². The van der Waals surface area contributed by atoms with E-state index in [4.69, 9.17) is 10.2 Å². The van der Waals surface area contributed by atoms with Gasteiger partial charge in [0.25, 0.3) is 0 Å². The van der Waals surface area contributed by atoms with E-state index in [1.807, 2.05) is 24.3 Å². The molecule has 6 N–H and O–H groups in total. The number of carboxylic acids is 2. The molecule has 0 aliphatic heterocycles. The summed E-state index contributed by atoms with van der Waals surface area (Å²) in [7, 11) is 0. The summed E-state index contributed by atoms with van der Waals surface area (Å²) in [6.07, 6.45) is 1.04. The fourth-order valence-corrected chi connectivity index (χ4v) is 7.41. The van der Waals surface area contributed by atoms with Gasteiger partial charge in [-0.3, -0.25) is 0 Å². The Balaban J connectivity index is 0.000000263. The Hall–Kier alpha value is -5.76. The van der Waals surface area contributed by atoms with Crippen LogP contribution in [0.2, 0.25) is 0 Å². The fourth-order valence-electron chi connectivity index (χ4n) is 7.41. The van der Waals surface area contributed by atoms with Crippen LogP contribution in [0.25, 0.3) is 0 Å². The molecular formula is C54H70O8. The number of aromatic hydroxyl groups is 4. The smallest absolute Gasteiger partial charge is 0.335 e. The van der Waals surface area contributed by atoms with E-state index in [2.05, 4.69) is 135 Å². The maximum absolute atomic E-state index is 10.8.